The van der Waals surface area contributed by atoms with Gasteiger partial charge in [0.25, 0.3) is 5.91 Å². The van der Waals surface area contributed by atoms with Crippen LogP contribution < -0.4 is 5.32 Å². The molecular formula is C21H17BrN2O2S. The normalized spacial score (nSPS) is 16.4. The highest BCUT2D eigenvalue weighted by molar-refractivity contribution is 9.10. The van der Waals surface area contributed by atoms with Gasteiger partial charge in [-0.2, -0.15) is 0 Å². The van der Waals surface area contributed by atoms with Gasteiger partial charge in [-0.3, -0.25) is 9.59 Å². The molecule has 4 rings (SSSR count). The SMILES string of the molecule is Cc1ccccc1C(=O)N1CC(=O)Nc2ccc(Br)cc2C1c1cccs1. The molecule has 6 heteroatoms. The zero-order valence-electron chi connectivity index (χ0n) is 14.6. The zero-order chi connectivity index (χ0) is 19.0. The van der Waals surface area contributed by atoms with Gasteiger partial charge < -0.3 is 10.2 Å². The molecule has 1 aliphatic heterocycles. The smallest absolute Gasteiger partial charge is 0.255 e. The molecule has 1 aliphatic rings. The number of aryl methyl sites for hydroxylation is 1. The Bertz CT molecular complexity index is 1020. The van der Waals surface area contributed by atoms with E-state index in [1.165, 1.54) is 0 Å². The van der Waals surface area contributed by atoms with Crippen molar-refractivity contribution in [2.45, 2.75) is 13.0 Å². The molecule has 1 aromatic heterocycles. The number of hydrogen-bond acceptors (Lipinski definition) is 3. The summed E-state index contributed by atoms with van der Waals surface area (Å²) in [7, 11) is 0. The van der Waals surface area contributed by atoms with Crippen molar-refractivity contribution < 1.29 is 9.59 Å². The topological polar surface area (TPSA) is 49.4 Å². The van der Waals surface area contributed by atoms with Crippen molar-refractivity contribution in [2.75, 3.05) is 11.9 Å². The van der Waals surface area contributed by atoms with Crippen molar-refractivity contribution in [1.82, 2.24) is 4.90 Å². The third kappa shape index (κ3) is 3.42. The molecular weight excluding hydrogens is 424 g/mol. The molecule has 1 unspecified atom stereocenters. The third-order valence-corrected chi connectivity index (χ3v) is 6.07. The predicted molar refractivity (Wildman–Crippen MR) is 111 cm³/mol. The maximum absolute atomic E-state index is 13.5. The van der Waals surface area contributed by atoms with Gasteiger partial charge in [0.2, 0.25) is 5.91 Å². The highest BCUT2D eigenvalue weighted by Gasteiger charge is 2.35. The molecule has 0 spiro atoms. The minimum Gasteiger partial charge on any atom is -0.324 e. The summed E-state index contributed by atoms with van der Waals surface area (Å²) in [6, 6.07) is 16.9. The fourth-order valence-corrected chi connectivity index (χ4v) is 4.62. The largest absolute Gasteiger partial charge is 0.324 e. The fourth-order valence-electron chi connectivity index (χ4n) is 3.39. The van der Waals surface area contributed by atoms with Crippen molar-refractivity contribution in [3.05, 3.63) is 86.0 Å². The van der Waals surface area contributed by atoms with Crippen LogP contribution in [0.3, 0.4) is 0 Å². The predicted octanol–water partition coefficient (Wildman–Crippen LogP) is 5.00. The first-order valence-electron chi connectivity index (χ1n) is 8.54. The highest BCUT2D eigenvalue weighted by Crippen LogP contribution is 2.39. The first kappa shape index (κ1) is 17.9. The number of nitrogens with one attached hydrogen (secondary N) is 1. The lowest BCUT2D eigenvalue weighted by Crippen LogP contribution is -2.39. The summed E-state index contributed by atoms with van der Waals surface area (Å²) < 4.78 is 0.905. The van der Waals surface area contributed by atoms with E-state index in [1.54, 1.807) is 16.2 Å². The summed E-state index contributed by atoms with van der Waals surface area (Å²) in [5.41, 5.74) is 3.15. The summed E-state index contributed by atoms with van der Waals surface area (Å²) in [5.74, 6) is -0.339. The van der Waals surface area contributed by atoms with E-state index in [9.17, 15) is 9.59 Å². The van der Waals surface area contributed by atoms with E-state index in [2.05, 4.69) is 21.2 Å². The lowest BCUT2D eigenvalue weighted by molar-refractivity contribution is -0.117. The molecule has 4 nitrogen and oxygen atoms in total. The Labute approximate surface area is 170 Å². The monoisotopic (exact) mass is 440 g/mol. The summed E-state index contributed by atoms with van der Waals surface area (Å²) in [6.45, 7) is 1.91. The van der Waals surface area contributed by atoms with E-state index in [4.69, 9.17) is 0 Å². The van der Waals surface area contributed by atoms with E-state index in [0.29, 0.717) is 5.56 Å². The zero-order valence-corrected chi connectivity index (χ0v) is 17.0. The van der Waals surface area contributed by atoms with Gasteiger partial charge in [0.1, 0.15) is 6.54 Å². The molecule has 2 aromatic carbocycles. The van der Waals surface area contributed by atoms with Crippen LogP contribution in [0, 0.1) is 6.92 Å². The van der Waals surface area contributed by atoms with Gasteiger partial charge in [0.15, 0.2) is 0 Å². The summed E-state index contributed by atoms with van der Waals surface area (Å²) >= 11 is 5.10. The Morgan fingerprint density at radius 3 is 2.74 bits per heavy atom. The Morgan fingerprint density at radius 2 is 2.00 bits per heavy atom. The second kappa shape index (κ2) is 7.29. The second-order valence-corrected chi connectivity index (χ2v) is 8.34. The van der Waals surface area contributed by atoms with Crippen LogP contribution >= 0.6 is 27.3 Å². The van der Waals surface area contributed by atoms with Gasteiger partial charge >= 0.3 is 0 Å². The number of amides is 2. The number of thiophene rings is 1. The van der Waals surface area contributed by atoms with Crippen LogP contribution in [-0.2, 0) is 4.79 Å². The first-order chi connectivity index (χ1) is 13.0. The maximum Gasteiger partial charge on any atom is 0.255 e. The van der Waals surface area contributed by atoms with E-state index >= 15 is 0 Å². The number of carbonyl (C=O) groups excluding carboxylic acids is 2. The van der Waals surface area contributed by atoms with Gasteiger partial charge in [-0.1, -0.05) is 40.2 Å². The average Bonchev–Trinajstić information content (AvgIpc) is 3.13. The van der Waals surface area contributed by atoms with E-state index in [1.807, 2.05) is 66.9 Å². The number of rotatable bonds is 2. The van der Waals surface area contributed by atoms with Crippen molar-refractivity contribution in [3.8, 4) is 0 Å². The molecule has 136 valence electrons. The number of nitrogens with zero attached hydrogens (tertiary/aromatic N) is 1. The molecule has 27 heavy (non-hydrogen) atoms. The van der Waals surface area contributed by atoms with Crippen LogP contribution in [0.5, 0.6) is 0 Å². The fraction of sp³-hybridized carbons (Fsp3) is 0.143. The van der Waals surface area contributed by atoms with Crippen molar-refractivity contribution in [1.29, 1.82) is 0 Å². The number of anilines is 1. The Kier molecular flexibility index (Phi) is 4.85. The van der Waals surface area contributed by atoms with Gasteiger partial charge in [-0.15, -0.1) is 11.3 Å². The summed E-state index contributed by atoms with van der Waals surface area (Å²) in [6.07, 6.45) is 0. The molecule has 0 bridgehead atoms. The number of hydrogen-bond donors (Lipinski definition) is 1. The van der Waals surface area contributed by atoms with Gasteiger partial charge in [0, 0.05) is 26.2 Å². The van der Waals surface area contributed by atoms with Gasteiger partial charge in [-0.25, -0.2) is 0 Å². The van der Waals surface area contributed by atoms with Gasteiger partial charge in [0.05, 0.1) is 6.04 Å². The van der Waals surface area contributed by atoms with Crippen LogP contribution in [0.15, 0.2) is 64.5 Å². The molecule has 1 N–H and O–H groups in total. The van der Waals surface area contributed by atoms with Crippen LogP contribution in [0.25, 0.3) is 0 Å². The van der Waals surface area contributed by atoms with E-state index in [0.717, 1.165) is 26.2 Å². The van der Waals surface area contributed by atoms with Gasteiger partial charge in [-0.05, 0) is 48.2 Å². The molecule has 0 saturated heterocycles. The maximum atomic E-state index is 13.5. The number of halogens is 1. The quantitative estimate of drug-likeness (QED) is 0.609. The van der Waals surface area contributed by atoms with E-state index in [-0.39, 0.29) is 24.4 Å². The molecule has 0 radical (unpaired) electrons. The van der Waals surface area contributed by atoms with Crippen molar-refractivity contribution in [2.24, 2.45) is 0 Å². The lowest BCUT2D eigenvalue weighted by Gasteiger charge is -2.30. The summed E-state index contributed by atoms with van der Waals surface area (Å²) in [4.78, 5) is 28.7. The molecule has 2 amide bonds. The van der Waals surface area contributed by atoms with E-state index < -0.39 is 0 Å². The minimum atomic E-state index is -0.330. The van der Waals surface area contributed by atoms with Crippen molar-refractivity contribution in [3.63, 3.8) is 0 Å². The Morgan fingerprint density at radius 1 is 1.19 bits per heavy atom. The third-order valence-electron chi connectivity index (χ3n) is 4.66. The Hall–Kier alpha value is -2.44. The molecule has 1 atom stereocenters. The molecule has 0 saturated carbocycles. The standard InChI is InChI=1S/C21H17BrN2O2S/c1-13-5-2-3-6-15(13)21(26)24-12-19(25)23-17-9-8-14(22)11-16(17)20(24)18-7-4-10-27-18/h2-11,20H,12H2,1H3,(H,23,25). The van der Waals surface area contributed by atoms with Crippen LogP contribution in [0.2, 0.25) is 0 Å². The van der Waals surface area contributed by atoms with Crippen molar-refractivity contribution >= 4 is 44.8 Å². The van der Waals surface area contributed by atoms with Crippen LogP contribution in [0.1, 0.15) is 32.4 Å². The highest BCUT2D eigenvalue weighted by atomic mass is 79.9. The number of fused-ring (bicyclic) bond motifs is 1. The average molecular weight is 441 g/mol. The summed E-state index contributed by atoms with van der Waals surface area (Å²) in [5, 5.41) is 4.93. The molecule has 0 fully saturated rings. The Balaban J connectivity index is 1.89. The lowest BCUT2D eigenvalue weighted by atomic mass is 10.00. The first-order valence-corrected chi connectivity index (χ1v) is 10.2. The van der Waals surface area contributed by atoms with Crippen LogP contribution in [-0.4, -0.2) is 23.3 Å². The molecule has 0 aliphatic carbocycles. The number of benzene rings is 2. The molecule has 3 aromatic rings. The van der Waals surface area contributed by atoms with Crippen LogP contribution in [0.4, 0.5) is 5.69 Å². The second-order valence-electron chi connectivity index (χ2n) is 6.45. The number of carbonyl (C=O) groups is 2. The molecule has 2 heterocycles. The minimum absolute atomic E-state index is 0.00202.